The average Bonchev–Trinajstić information content (AvgIpc) is 1.96. The van der Waals surface area contributed by atoms with Gasteiger partial charge in [0.2, 0.25) is 0 Å². The molecule has 0 saturated carbocycles. The molecule has 0 aromatic carbocycles. The van der Waals surface area contributed by atoms with Crippen LogP contribution in [0.25, 0.3) is 0 Å². The standard InChI is InChI=1S/C9H18O4P2/c10-5-1-9(2-6(11)14-5)3-7(12)15-8(13)4-9/h5-8,10-15H,1-4H2. The van der Waals surface area contributed by atoms with E-state index in [1.165, 1.54) is 0 Å². The van der Waals surface area contributed by atoms with Crippen molar-refractivity contribution < 1.29 is 20.4 Å². The molecule has 0 aromatic heterocycles. The van der Waals surface area contributed by atoms with Gasteiger partial charge in [-0.1, -0.05) is 17.2 Å². The Morgan fingerprint density at radius 2 is 0.933 bits per heavy atom. The Bertz CT molecular complexity index is 191. The molecule has 15 heavy (non-hydrogen) atoms. The van der Waals surface area contributed by atoms with Crippen LogP contribution in [0.2, 0.25) is 0 Å². The third-order valence-electron chi connectivity index (χ3n) is 3.27. The Labute approximate surface area is 92.7 Å². The van der Waals surface area contributed by atoms with Crippen LogP contribution in [0.3, 0.4) is 0 Å². The van der Waals surface area contributed by atoms with E-state index in [2.05, 4.69) is 0 Å². The Morgan fingerprint density at radius 3 is 1.20 bits per heavy atom. The predicted molar refractivity (Wildman–Crippen MR) is 61.6 cm³/mol. The van der Waals surface area contributed by atoms with Gasteiger partial charge < -0.3 is 20.4 Å². The van der Waals surface area contributed by atoms with Crippen LogP contribution in [-0.2, 0) is 0 Å². The summed E-state index contributed by atoms with van der Waals surface area (Å²) in [5.41, 5.74) is -0.242. The summed E-state index contributed by atoms with van der Waals surface area (Å²) in [7, 11) is 0.364. The van der Waals surface area contributed by atoms with Crippen LogP contribution in [0.1, 0.15) is 25.7 Å². The third-order valence-corrected chi connectivity index (χ3v) is 5.63. The minimum atomic E-state index is -0.463. The molecule has 0 amide bonds. The van der Waals surface area contributed by atoms with Gasteiger partial charge in [-0.25, -0.2) is 0 Å². The maximum Gasteiger partial charge on any atom is 0.0732 e. The van der Waals surface area contributed by atoms with Gasteiger partial charge in [0.15, 0.2) is 0 Å². The van der Waals surface area contributed by atoms with Crippen molar-refractivity contribution in [1.29, 1.82) is 0 Å². The highest BCUT2D eigenvalue weighted by Gasteiger charge is 2.45. The van der Waals surface area contributed by atoms with Crippen LogP contribution in [-0.4, -0.2) is 43.8 Å². The van der Waals surface area contributed by atoms with Gasteiger partial charge in [0.05, 0.1) is 23.4 Å². The van der Waals surface area contributed by atoms with Crippen molar-refractivity contribution in [2.45, 2.75) is 49.1 Å². The van der Waals surface area contributed by atoms with E-state index in [-0.39, 0.29) is 22.6 Å². The Kier molecular flexibility index (Phi) is 3.67. The largest absolute Gasteiger partial charge is 0.389 e. The molecule has 2 saturated heterocycles. The second-order valence-electron chi connectivity index (χ2n) is 4.71. The van der Waals surface area contributed by atoms with Gasteiger partial charge in [-0.3, -0.25) is 0 Å². The summed E-state index contributed by atoms with van der Waals surface area (Å²) in [6, 6.07) is 0. The molecule has 0 aliphatic carbocycles. The molecular weight excluding hydrogens is 234 g/mol. The van der Waals surface area contributed by atoms with Crippen molar-refractivity contribution >= 4 is 17.2 Å². The highest BCUT2D eigenvalue weighted by molar-refractivity contribution is 7.39. The van der Waals surface area contributed by atoms with Gasteiger partial charge in [0.25, 0.3) is 0 Å². The normalized spacial score (nSPS) is 55.2. The summed E-state index contributed by atoms with van der Waals surface area (Å²) in [6.45, 7) is 0. The van der Waals surface area contributed by atoms with Gasteiger partial charge in [0.1, 0.15) is 0 Å². The van der Waals surface area contributed by atoms with Crippen molar-refractivity contribution in [2.24, 2.45) is 5.41 Å². The van der Waals surface area contributed by atoms with E-state index in [1.54, 1.807) is 0 Å². The van der Waals surface area contributed by atoms with E-state index < -0.39 is 23.4 Å². The molecule has 2 aliphatic rings. The molecule has 4 unspecified atom stereocenters. The average molecular weight is 252 g/mol. The first-order chi connectivity index (χ1) is 6.99. The summed E-state index contributed by atoms with van der Waals surface area (Å²) in [5, 5.41) is 38.6. The molecule has 2 rings (SSSR count). The van der Waals surface area contributed by atoms with Crippen LogP contribution in [0.15, 0.2) is 0 Å². The van der Waals surface area contributed by atoms with Gasteiger partial charge in [-0.15, -0.1) is 0 Å². The monoisotopic (exact) mass is 252 g/mol. The summed E-state index contributed by atoms with van der Waals surface area (Å²) < 4.78 is 0. The number of rotatable bonds is 0. The topological polar surface area (TPSA) is 80.9 Å². The van der Waals surface area contributed by atoms with Crippen LogP contribution in [0, 0.1) is 5.41 Å². The predicted octanol–water partition coefficient (Wildman–Crippen LogP) is 0.191. The van der Waals surface area contributed by atoms with Crippen molar-refractivity contribution in [3.8, 4) is 0 Å². The SMILES string of the molecule is OC1CC2(CC(O)P1)CC(O)PC(O)C2. The highest BCUT2D eigenvalue weighted by Crippen LogP contribution is 2.55. The van der Waals surface area contributed by atoms with Gasteiger partial charge in [0, 0.05) is 0 Å². The molecule has 6 heteroatoms. The van der Waals surface area contributed by atoms with Crippen molar-refractivity contribution in [3.05, 3.63) is 0 Å². The Morgan fingerprint density at radius 1 is 0.667 bits per heavy atom. The molecule has 0 bridgehead atoms. The second-order valence-corrected chi connectivity index (χ2v) is 8.05. The van der Waals surface area contributed by atoms with Crippen molar-refractivity contribution in [3.63, 3.8) is 0 Å². The second kappa shape index (κ2) is 4.52. The fourth-order valence-corrected chi connectivity index (χ4v) is 5.91. The summed E-state index contributed by atoms with van der Waals surface area (Å²) in [5.74, 6) is -1.85. The van der Waals surface area contributed by atoms with E-state index in [9.17, 15) is 20.4 Å². The fourth-order valence-electron chi connectivity index (χ4n) is 2.82. The molecule has 0 aromatic rings. The zero-order valence-corrected chi connectivity index (χ0v) is 10.4. The molecule has 2 fully saturated rings. The number of aliphatic hydroxyl groups excluding tert-OH is 4. The van der Waals surface area contributed by atoms with Crippen LogP contribution in [0.5, 0.6) is 0 Å². The summed E-state index contributed by atoms with van der Waals surface area (Å²) >= 11 is 0. The van der Waals surface area contributed by atoms with Crippen molar-refractivity contribution in [1.82, 2.24) is 0 Å². The van der Waals surface area contributed by atoms with Gasteiger partial charge in [-0.05, 0) is 31.1 Å². The lowest BCUT2D eigenvalue weighted by atomic mass is 9.75. The minimum Gasteiger partial charge on any atom is -0.389 e. The molecule has 4 atom stereocenters. The first kappa shape index (κ1) is 12.2. The van der Waals surface area contributed by atoms with Crippen LogP contribution < -0.4 is 0 Å². The number of hydrogen-bond donors (Lipinski definition) is 4. The molecular formula is C9H18O4P2. The molecule has 88 valence electrons. The van der Waals surface area contributed by atoms with Gasteiger partial charge >= 0.3 is 0 Å². The first-order valence-electron chi connectivity index (χ1n) is 5.23. The summed E-state index contributed by atoms with van der Waals surface area (Å²) in [4.78, 5) is 0. The number of hydrogen-bond acceptors (Lipinski definition) is 4. The van der Waals surface area contributed by atoms with E-state index in [4.69, 9.17) is 0 Å². The summed E-state index contributed by atoms with van der Waals surface area (Å²) in [6.07, 6.45) is 2.45. The first-order valence-corrected chi connectivity index (χ1v) is 7.54. The molecule has 4 N–H and O–H groups in total. The molecule has 0 radical (unpaired) electrons. The highest BCUT2D eigenvalue weighted by atomic mass is 31.1. The van der Waals surface area contributed by atoms with Crippen LogP contribution >= 0.6 is 17.2 Å². The minimum absolute atomic E-state index is 0.182. The smallest absolute Gasteiger partial charge is 0.0732 e. The molecule has 1 spiro atoms. The fraction of sp³-hybridized carbons (Fsp3) is 1.00. The molecule has 2 heterocycles. The van der Waals surface area contributed by atoms with E-state index in [0.29, 0.717) is 25.7 Å². The van der Waals surface area contributed by atoms with E-state index in [1.807, 2.05) is 0 Å². The molecule has 4 nitrogen and oxygen atoms in total. The third kappa shape index (κ3) is 2.88. The van der Waals surface area contributed by atoms with Crippen LogP contribution in [0.4, 0.5) is 0 Å². The van der Waals surface area contributed by atoms with E-state index in [0.717, 1.165) is 0 Å². The maximum atomic E-state index is 9.66. The maximum absolute atomic E-state index is 9.66. The zero-order chi connectivity index (χ0) is 11.1. The number of aliphatic hydroxyl groups is 4. The Balaban J connectivity index is 2.10. The quantitative estimate of drug-likeness (QED) is 0.464. The Hall–Kier alpha value is 0.700. The lowest BCUT2D eigenvalue weighted by Gasteiger charge is -2.46. The molecule has 2 aliphatic heterocycles. The lowest BCUT2D eigenvalue weighted by molar-refractivity contribution is 0.0151. The zero-order valence-electron chi connectivity index (χ0n) is 8.43. The lowest BCUT2D eigenvalue weighted by Crippen LogP contribution is -2.41. The van der Waals surface area contributed by atoms with Gasteiger partial charge in [-0.2, -0.15) is 0 Å². The van der Waals surface area contributed by atoms with Crippen molar-refractivity contribution in [2.75, 3.05) is 0 Å². The van der Waals surface area contributed by atoms with E-state index >= 15 is 0 Å².